The number of aromatic nitrogens is 2. The average Bonchev–Trinajstić information content (AvgIpc) is 3.51. The van der Waals surface area contributed by atoms with Crippen molar-refractivity contribution >= 4 is 6.01 Å². The van der Waals surface area contributed by atoms with Gasteiger partial charge in [-0.3, -0.25) is 4.90 Å². The summed E-state index contributed by atoms with van der Waals surface area (Å²) in [4.78, 5) is 4.62. The van der Waals surface area contributed by atoms with Crippen molar-refractivity contribution in [2.24, 2.45) is 0 Å². The molecule has 4 saturated heterocycles. The molecular formula is C24H31FN4O4. The summed E-state index contributed by atoms with van der Waals surface area (Å²) in [6.07, 6.45) is 6.44. The number of rotatable bonds is 5. The first-order chi connectivity index (χ1) is 16.2. The Labute approximate surface area is 193 Å². The number of nitrogens with zero attached hydrogens (tertiary/aromatic N) is 4. The Morgan fingerprint density at radius 2 is 2.00 bits per heavy atom. The van der Waals surface area contributed by atoms with Gasteiger partial charge in [0, 0.05) is 18.2 Å². The van der Waals surface area contributed by atoms with Gasteiger partial charge < -0.3 is 23.5 Å². The molecule has 8 nitrogen and oxygen atoms in total. The van der Waals surface area contributed by atoms with E-state index in [1.54, 1.807) is 12.1 Å². The second kappa shape index (κ2) is 8.85. The largest absolute Gasteiger partial charge is 0.488 e. The number of halogens is 1. The summed E-state index contributed by atoms with van der Waals surface area (Å²) in [6.45, 7) is 5.76. The minimum atomic E-state index is -0.193. The van der Waals surface area contributed by atoms with E-state index in [0.29, 0.717) is 24.6 Å². The van der Waals surface area contributed by atoms with E-state index in [2.05, 4.69) is 20.0 Å². The van der Waals surface area contributed by atoms with Crippen LogP contribution in [-0.4, -0.2) is 78.8 Å². The lowest BCUT2D eigenvalue weighted by Crippen LogP contribution is -2.62. The summed E-state index contributed by atoms with van der Waals surface area (Å²) >= 11 is 0. The molecule has 0 N–H and O–H groups in total. The van der Waals surface area contributed by atoms with Crippen molar-refractivity contribution in [2.45, 2.75) is 55.8 Å². The predicted octanol–water partition coefficient (Wildman–Crippen LogP) is 2.99. The summed E-state index contributed by atoms with van der Waals surface area (Å²) in [5, 5.41) is 7.75. The van der Waals surface area contributed by atoms with Gasteiger partial charge >= 0.3 is 6.01 Å². The zero-order chi connectivity index (χ0) is 22.3. The maximum atomic E-state index is 14.1. The lowest BCUT2D eigenvalue weighted by Gasteiger charge is -2.46. The van der Waals surface area contributed by atoms with Crippen LogP contribution >= 0.6 is 0 Å². The normalized spacial score (nSPS) is 28.2. The molecule has 1 spiro atoms. The van der Waals surface area contributed by atoms with Crippen molar-refractivity contribution in [1.82, 2.24) is 15.1 Å². The molecule has 9 heteroatoms. The fraction of sp³-hybridized carbons (Fsp3) is 0.667. The molecule has 0 saturated carbocycles. The van der Waals surface area contributed by atoms with E-state index in [1.165, 1.54) is 12.5 Å². The second-order valence-electron chi connectivity index (χ2n) is 9.88. The molecule has 4 fully saturated rings. The third-order valence-corrected chi connectivity index (χ3v) is 7.64. The summed E-state index contributed by atoms with van der Waals surface area (Å²) in [6, 6.07) is 5.97. The van der Waals surface area contributed by atoms with Gasteiger partial charge in [0.1, 0.15) is 23.3 Å². The second-order valence-corrected chi connectivity index (χ2v) is 9.88. The van der Waals surface area contributed by atoms with Crippen LogP contribution in [0.25, 0.3) is 0 Å². The van der Waals surface area contributed by atoms with E-state index in [4.69, 9.17) is 18.6 Å². The van der Waals surface area contributed by atoms with Crippen LogP contribution in [0.1, 0.15) is 43.6 Å². The zero-order valence-electron chi connectivity index (χ0n) is 18.8. The Hall–Kier alpha value is -2.23. The summed E-state index contributed by atoms with van der Waals surface area (Å²) in [5.74, 6) is 0.940. The number of piperidine rings is 1. The van der Waals surface area contributed by atoms with E-state index in [-0.39, 0.29) is 17.5 Å². The Balaban J connectivity index is 1.05. The average molecular weight is 459 g/mol. The Bertz CT molecular complexity index is 938. The molecule has 178 valence electrons. The predicted molar refractivity (Wildman–Crippen MR) is 118 cm³/mol. The number of hydrogen-bond donors (Lipinski definition) is 0. The molecule has 2 atom stereocenters. The van der Waals surface area contributed by atoms with E-state index in [1.807, 2.05) is 0 Å². The van der Waals surface area contributed by atoms with Crippen molar-refractivity contribution < 1.29 is 23.0 Å². The SMILES string of the molecule is Fc1ccc(O[C@H]2CCCOC2)c(C2CCN([C@@H]3COC4(C3)CN(c3nnco3)C4)CC2)c1. The van der Waals surface area contributed by atoms with Crippen molar-refractivity contribution in [3.63, 3.8) is 0 Å². The molecule has 2 aromatic rings. The number of benzene rings is 1. The first kappa shape index (κ1) is 21.3. The first-order valence-corrected chi connectivity index (χ1v) is 12.1. The molecule has 6 rings (SSSR count). The van der Waals surface area contributed by atoms with Crippen molar-refractivity contribution in [2.75, 3.05) is 50.9 Å². The van der Waals surface area contributed by atoms with Gasteiger partial charge in [-0.2, -0.15) is 0 Å². The molecule has 5 heterocycles. The third kappa shape index (κ3) is 4.34. The van der Waals surface area contributed by atoms with Gasteiger partial charge in [-0.15, -0.1) is 5.10 Å². The van der Waals surface area contributed by atoms with Crippen LogP contribution in [0.15, 0.2) is 29.0 Å². The molecule has 0 aliphatic carbocycles. The number of hydrogen-bond acceptors (Lipinski definition) is 8. The van der Waals surface area contributed by atoms with Gasteiger partial charge in [-0.25, -0.2) is 4.39 Å². The molecule has 0 radical (unpaired) electrons. The molecule has 1 aromatic heterocycles. The number of likely N-dealkylation sites (tertiary alicyclic amines) is 1. The summed E-state index contributed by atoms with van der Waals surface area (Å²) in [5.41, 5.74) is 0.912. The quantitative estimate of drug-likeness (QED) is 0.677. The van der Waals surface area contributed by atoms with Gasteiger partial charge in [0.2, 0.25) is 6.39 Å². The maximum Gasteiger partial charge on any atom is 0.318 e. The van der Waals surface area contributed by atoms with Crippen LogP contribution in [0.4, 0.5) is 10.4 Å². The lowest BCUT2D eigenvalue weighted by atomic mass is 9.86. The smallest absolute Gasteiger partial charge is 0.318 e. The standard InChI is InChI=1S/C24H31FN4O4/c25-18-3-4-22(33-20-2-1-9-30-13-20)21(10-18)17-5-7-28(8-6-17)19-11-24(32-12-19)14-29(15-24)23-27-26-16-31-23/h3-4,10,16-17,19-20H,1-2,5-9,11-15H2/t19-,20-/m0/s1. The van der Waals surface area contributed by atoms with E-state index < -0.39 is 0 Å². The Morgan fingerprint density at radius 3 is 2.76 bits per heavy atom. The molecule has 4 aliphatic rings. The highest BCUT2D eigenvalue weighted by Crippen LogP contribution is 2.41. The number of anilines is 1. The van der Waals surface area contributed by atoms with Gasteiger partial charge in [0.15, 0.2) is 0 Å². The Kier molecular flexibility index (Phi) is 5.72. The molecule has 4 aliphatic heterocycles. The van der Waals surface area contributed by atoms with Crippen molar-refractivity contribution in [3.8, 4) is 5.75 Å². The van der Waals surface area contributed by atoms with Crippen LogP contribution < -0.4 is 9.64 Å². The minimum absolute atomic E-state index is 0.0593. The monoisotopic (exact) mass is 458 g/mol. The fourth-order valence-corrected chi connectivity index (χ4v) is 5.87. The van der Waals surface area contributed by atoms with Gasteiger partial charge in [0.25, 0.3) is 0 Å². The molecule has 0 amide bonds. The van der Waals surface area contributed by atoms with Gasteiger partial charge in [-0.05, 0) is 69.3 Å². The highest BCUT2D eigenvalue weighted by Gasteiger charge is 2.52. The highest BCUT2D eigenvalue weighted by atomic mass is 19.1. The molecular weight excluding hydrogens is 427 g/mol. The van der Waals surface area contributed by atoms with E-state index >= 15 is 0 Å². The van der Waals surface area contributed by atoms with E-state index in [0.717, 1.165) is 82.8 Å². The maximum absolute atomic E-state index is 14.1. The van der Waals surface area contributed by atoms with Crippen LogP contribution in [-0.2, 0) is 9.47 Å². The lowest BCUT2D eigenvalue weighted by molar-refractivity contribution is -0.0216. The summed E-state index contributed by atoms with van der Waals surface area (Å²) in [7, 11) is 0. The number of ether oxygens (including phenoxy) is 3. The molecule has 33 heavy (non-hydrogen) atoms. The highest BCUT2D eigenvalue weighted by molar-refractivity contribution is 5.38. The van der Waals surface area contributed by atoms with Crippen molar-refractivity contribution in [1.29, 1.82) is 0 Å². The van der Waals surface area contributed by atoms with Gasteiger partial charge in [-0.1, -0.05) is 5.10 Å². The molecule has 1 aromatic carbocycles. The molecule has 0 bridgehead atoms. The minimum Gasteiger partial charge on any atom is -0.488 e. The first-order valence-electron chi connectivity index (χ1n) is 12.1. The topological polar surface area (TPSA) is 73.1 Å². The van der Waals surface area contributed by atoms with Crippen LogP contribution in [0.3, 0.4) is 0 Å². The van der Waals surface area contributed by atoms with Crippen LogP contribution in [0.5, 0.6) is 5.75 Å². The molecule has 0 unspecified atom stereocenters. The van der Waals surface area contributed by atoms with E-state index in [9.17, 15) is 4.39 Å². The summed E-state index contributed by atoms with van der Waals surface area (Å²) < 4.78 is 37.5. The van der Waals surface area contributed by atoms with Crippen LogP contribution in [0, 0.1) is 5.82 Å². The Morgan fingerprint density at radius 1 is 1.12 bits per heavy atom. The van der Waals surface area contributed by atoms with Crippen molar-refractivity contribution in [3.05, 3.63) is 36.0 Å². The van der Waals surface area contributed by atoms with Gasteiger partial charge in [0.05, 0.1) is 26.3 Å². The zero-order valence-corrected chi connectivity index (χ0v) is 18.8. The van der Waals surface area contributed by atoms with Crippen LogP contribution in [0.2, 0.25) is 0 Å². The fourth-order valence-electron chi connectivity index (χ4n) is 5.87. The third-order valence-electron chi connectivity index (χ3n) is 7.64.